The molecule has 90 valence electrons. The van der Waals surface area contributed by atoms with E-state index in [2.05, 4.69) is 0 Å². The summed E-state index contributed by atoms with van der Waals surface area (Å²) in [6.45, 7) is 0.247. The minimum atomic E-state index is 0.247. The number of hydrogen-bond acceptors (Lipinski definition) is 2. The summed E-state index contributed by atoms with van der Waals surface area (Å²) < 4.78 is 5.07. The molecule has 0 aliphatic carbocycles. The molecule has 1 rings (SSSR count). The number of ether oxygens (including phenoxy) is 1. The van der Waals surface area contributed by atoms with E-state index in [1.165, 1.54) is 0 Å². The van der Waals surface area contributed by atoms with Gasteiger partial charge in [0.2, 0.25) is 0 Å². The Morgan fingerprint density at radius 1 is 1.12 bits per heavy atom. The summed E-state index contributed by atoms with van der Waals surface area (Å²) in [5, 5.41) is 9.94. The van der Waals surface area contributed by atoms with Crippen LogP contribution >= 0.6 is 23.2 Å². The number of rotatable bonds is 6. The first kappa shape index (κ1) is 13.6. The van der Waals surface area contributed by atoms with Gasteiger partial charge in [-0.3, -0.25) is 0 Å². The Balaban J connectivity index is 2.63. The molecule has 0 spiro atoms. The minimum absolute atomic E-state index is 0.247. The van der Waals surface area contributed by atoms with E-state index in [-0.39, 0.29) is 6.61 Å². The van der Waals surface area contributed by atoms with Crippen molar-refractivity contribution in [2.45, 2.75) is 25.7 Å². The monoisotopic (exact) mass is 262 g/mol. The maximum Gasteiger partial charge on any atom is 0.138 e. The van der Waals surface area contributed by atoms with Crippen LogP contribution in [0.4, 0.5) is 0 Å². The highest BCUT2D eigenvalue weighted by atomic mass is 35.5. The minimum Gasteiger partial charge on any atom is -0.495 e. The number of methoxy groups -OCH3 is 1. The molecule has 0 atom stereocenters. The number of halogens is 2. The number of aryl methyl sites for hydroxylation is 1. The molecule has 4 heteroatoms. The summed E-state index contributed by atoms with van der Waals surface area (Å²) in [6, 6.07) is 3.59. The van der Waals surface area contributed by atoms with Gasteiger partial charge < -0.3 is 9.84 Å². The van der Waals surface area contributed by atoms with Crippen molar-refractivity contribution in [2.75, 3.05) is 13.7 Å². The van der Waals surface area contributed by atoms with Gasteiger partial charge in [0.25, 0.3) is 0 Å². The molecule has 0 unspecified atom stereocenters. The summed E-state index contributed by atoms with van der Waals surface area (Å²) in [7, 11) is 1.57. The van der Waals surface area contributed by atoms with Gasteiger partial charge in [0.1, 0.15) is 5.75 Å². The quantitative estimate of drug-likeness (QED) is 0.793. The van der Waals surface area contributed by atoms with E-state index < -0.39 is 0 Å². The molecule has 1 aromatic carbocycles. The van der Waals surface area contributed by atoms with Crippen LogP contribution in [0.15, 0.2) is 12.1 Å². The highest BCUT2D eigenvalue weighted by Gasteiger charge is 2.07. The lowest BCUT2D eigenvalue weighted by Gasteiger charge is -2.08. The standard InChI is InChI=1S/C12H16Cl2O2/c1-16-12-8-10(13)9(7-11(12)14)5-3-2-4-6-15/h7-8,15H,2-6H2,1H3. The molecule has 16 heavy (non-hydrogen) atoms. The maximum absolute atomic E-state index is 8.67. The molecule has 0 aliphatic rings. The fraction of sp³-hybridized carbons (Fsp3) is 0.500. The fourth-order valence-corrected chi connectivity index (χ4v) is 2.03. The maximum atomic E-state index is 8.67. The van der Waals surface area contributed by atoms with Gasteiger partial charge in [0.15, 0.2) is 0 Å². The number of unbranched alkanes of at least 4 members (excludes halogenated alkanes) is 2. The van der Waals surface area contributed by atoms with Crippen LogP contribution in [0.3, 0.4) is 0 Å². The Morgan fingerprint density at radius 3 is 2.50 bits per heavy atom. The number of aliphatic hydroxyl groups is 1. The van der Waals surface area contributed by atoms with Gasteiger partial charge >= 0.3 is 0 Å². The Kier molecular flexibility index (Phi) is 5.96. The average molecular weight is 263 g/mol. The normalized spacial score (nSPS) is 10.5. The lowest BCUT2D eigenvalue weighted by molar-refractivity contribution is 0.283. The summed E-state index contributed by atoms with van der Waals surface area (Å²) in [5.41, 5.74) is 1.03. The lowest BCUT2D eigenvalue weighted by atomic mass is 10.1. The molecule has 0 radical (unpaired) electrons. The first-order valence-electron chi connectivity index (χ1n) is 5.31. The molecule has 0 amide bonds. The molecule has 0 fully saturated rings. The van der Waals surface area contributed by atoms with E-state index in [9.17, 15) is 0 Å². The predicted molar refractivity (Wildman–Crippen MR) is 67.7 cm³/mol. The Hall–Kier alpha value is -0.440. The summed E-state index contributed by atoms with van der Waals surface area (Å²) >= 11 is 12.1. The van der Waals surface area contributed by atoms with E-state index in [1.54, 1.807) is 13.2 Å². The molecule has 0 saturated carbocycles. The largest absolute Gasteiger partial charge is 0.495 e. The van der Waals surface area contributed by atoms with Gasteiger partial charge in [0.05, 0.1) is 12.1 Å². The van der Waals surface area contributed by atoms with Gasteiger partial charge in [-0.25, -0.2) is 0 Å². The zero-order valence-electron chi connectivity index (χ0n) is 9.30. The van der Waals surface area contributed by atoms with E-state index >= 15 is 0 Å². The third-order valence-corrected chi connectivity index (χ3v) is 3.07. The highest BCUT2D eigenvalue weighted by molar-refractivity contribution is 6.34. The molecule has 0 aromatic heterocycles. The Labute approximate surface area is 106 Å². The van der Waals surface area contributed by atoms with E-state index in [1.807, 2.05) is 6.07 Å². The number of hydrogen-bond donors (Lipinski definition) is 1. The van der Waals surface area contributed by atoms with Crippen LogP contribution in [0.25, 0.3) is 0 Å². The topological polar surface area (TPSA) is 29.5 Å². The van der Waals surface area contributed by atoms with E-state index in [0.29, 0.717) is 15.8 Å². The summed E-state index contributed by atoms with van der Waals surface area (Å²) in [4.78, 5) is 0. The summed E-state index contributed by atoms with van der Waals surface area (Å²) in [6.07, 6.45) is 3.71. The lowest BCUT2D eigenvalue weighted by Crippen LogP contribution is -1.92. The highest BCUT2D eigenvalue weighted by Crippen LogP contribution is 2.31. The molecule has 1 aromatic rings. The Morgan fingerprint density at radius 2 is 1.88 bits per heavy atom. The van der Waals surface area contributed by atoms with Crippen LogP contribution in [0.2, 0.25) is 10.0 Å². The van der Waals surface area contributed by atoms with Crippen LogP contribution in [0.1, 0.15) is 24.8 Å². The first-order chi connectivity index (χ1) is 7.69. The molecular formula is C12H16Cl2O2. The van der Waals surface area contributed by atoms with Crippen LogP contribution in [0.5, 0.6) is 5.75 Å². The van der Waals surface area contributed by atoms with Crippen molar-refractivity contribution in [1.29, 1.82) is 0 Å². The number of benzene rings is 1. The zero-order valence-corrected chi connectivity index (χ0v) is 10.8. The van der Waals surface area contributed by atoms with E-state index in [0.717, 1.165) is 31.2 Å². The van der Waals surface area contributed by atoms with Crippen molar-refractivity contribution < 1.29 is 9.84 Å². The van der Waals surface area contributed by atoms with Crippen LogP contribution in [-0.4, -0.2) is 18.8 Å². The van der Waals surface area contributed by atoms with Gasteiger partial charge in [-0.2, -0.15) is 0 Å². The molecule has 0 saturated heterocycles. The summed E-state index contributed by atoms with van der Waals surface area (Å²) in [5.74, 6) is 0.603. The molecule has 0 heterocycles. The van der Waals surface area contributed by atoms with Crippen molar-refractivity contribution in [3.05, 3.63) is 27.7 Å². The van der Waals surface area contributed by atoms with Crippen molar-refractivity contribution in [2.24, 2.45) is 0 Å². The predicted octanol–water partition coefficient (Wildman–Crippen LogP) is 3.71. The Bertz CT molecular complexity index is 340. The average Bonchev–Trinajstić information content (AvgIpc) is 2.28. The second-order valence-corrected chi connectivity index (χ2v) is 4.43. The first-order valence-corrected chi connectivity index (χ1v) is 6.07. The van der Waals surface area contributed by atoms with Crippen molar-refractivity contribution in [3.8, 4) is 5.75 Å². The van der Waals surface area contributed by atoms with Gasteiger partial charge in [-0.15, -0.1) is 0 Å². The van der Waals surface area contributed by atoms with Crippen LogP contribution in [-0.2, 0) is 6.42 Å². The SMILES string of the molecule is COc1cc(Cl)c(CCCCCO)cc1Cl. The van der Waals surface area contributed by atoms with Gasteiger partial charge in [0, 0.05) is 17.7 Å². The van der Waals surface area contributed by atoms with Crippen molar-refractivity contribution in [3.63, 3.8) is 0 Å². The van der Waals surface area contributed by atoms with Crippen LogP contribution in [0, 0.1) is 0 Å². The van der Waals surface area contributed by atoms with E-state index in [4.69, 9.17) is 33.0 Å². The fourth-order valence-electron chi connectivity index (χ4n) is 1.52. The smallest absolute Gasteiger partial charge is 0.138 e. The zero-order chi connectivity index (χ0) is 12.0. The molecule has 2 nitrogen and oxygen atoms in total. The van der Waals surface area contributed by atoms with Crippen LogP contribution < -0.4 is 4.74 Å². The third-order valence-electron chi connectivity index (χ3n) is 2.43. The second-order valence-electron chi connectivity index (χ2n) is 3.61. The molecule has 1 N–H and O–H groups in total. The second kappa shape index (κ2) is 7.00. The van der Waals surface area contributed by atoms with Crippen molar-refractivity contribution >= 4 is 23.2 Å². The molecular weight excluding hydrogens is 247 g/mol. The number of aliphatic hydroxyl groups excluding tert-OH is 1. The van der Waals surface area contributed by atoms with Gasteiger partial charge in [-0.05, 0) is 30.9 Å². The molecule has 0 aliphatic heterocycles. The molecule has 0 bridgehead atoms. The van der Waals surface area contributed by atoms with Gasteiger partial charge in [-0.1, -0.05) is 29.6 Å². The van der Waals surface area contributed by atoms with Crippen molar-refractivity contribution in [1.82, 2.24) is 0 Å². The third kappa shape index (κ3) is 3.85.